The van der Waals surface area contributed by atoms with E-state index >= 15 is 0 Å². The predicted molar refractivity (Wildman–Crippen MR) is 153 cm³/mol. The Hall–Kier alpha value is -4.71. The van der Waals surface area contributed by atoms with Gasteiger partial charge in [0.1, 0.15) is 23.2 Å². The number of methoxy groups -OCH3 is 1. The highest BCUT2D eigenvalue weighted by Gasteiger charge is 2.33. The largest absolute Gasteiger partial charge is 0.494 e. The third-order valence-corrected chi connectivity index (χ3v) is 7.04. The van der Waals surface area contributed by atoms with Crippen LogP contribution in [-0.2, 0) is 4.79 Å². The molecule has 0 saturated carbocycles. The lowest BCUT2D eigenvalue weighted by Gasteiger charge is -2.18. The molecule has 8 nitrogen and oxygen atoms in total. The number of carbonyl (C=O) groups excluding carboxylic acids is 1. The molecule has 1 atom stereocenters. The van der Waals surface area contributed by atoms with Crippen molar-refractivity contribution in [3.8, 4) is 34.6 Å². The summed E-state index contributed by atoms with van der Waals surface area (Å²) in [7, 11) is 1.41. The number of amides is 1. The van der Waals surface area contributed by atoms with Crippen LogP contribution in [0.2, 0.25) is 0 Å². The van der Waals surface area contributed by atoms with E-state index in [1.807, 2.05) is 50.4 Å². The van der Waals surface area contributed by atoms with E-state index in [4.69, 9.17) is 14.5 Å². The molecule has 2 aromatic carbocycles. The van der Waals surface area contributed by atoms with Crippen molar-refractivity contribution in [2.24, 2.45) is 5.41 Å². The second-order valence-corrected chi connectivity index (χ2v) is 11.2. The van der Waals surface area contributed by atoms with Gasteiger partial charge in [-0.3, -0.25) is 14.2 Å². The van der Waals surface area contributed by atoms with Crippen LogP contribution in [0.3, 0.4) is 0 Å². The zero-order valence-electron chi connectivity index (χ0n) is 23.8. The Kier molecular flexibility index (Phi) is 7.50. The Labute approximate surface area is 238 Å². The molecule has 1 saturated heterocycles. The van der Waals surface area contributed by atoms with Gasteiger partial charge in [0.2, 0.25) is 5.82 Å². The van der Waals surface area contributed by atoms with Crippen molar-refractivity contribution in [1.29, 1.82) is 5.26 Å². The summed E-state index contributed by atoms with van der Waals surface area (Å²) in [6, 6.07) is 14.1. The van der Waals surface area contributed by atoms with Gasteiger partial charge < -0.3 is 14.4 Å². The number of aryl methyl sites for hydroxylation is 1. The lowest BCUT2D eigenvalue weighted by Crippen LogP contribution is -2.30. The molecule has 3 heterocycles. The number of allylic oxidation sites excluding steroid dienone is 1. The SMILES string of the molecule is COc1cccc(Oc2ccc(-c3nc(C4CCN(C(=O)C(C#N)=CC(C)(C)C)C4)n4ccnc(C)c34)cc2)c1F. The van der Waals surface area contributed by atoms with E-state index in [0.717, 1.165) is 34.7 Å². The number of benzene rings is 2. The van der Waals surface area contributed by atoms with E-state index in [-0.39, 0.29) is 34.3 Å². The maximum absolute atomic E-state index is 14.6. The molecule has 2 aromatic heterocycles. The number of halogens is 1. The van der Waals surface area contributed by atoms with E-state index in [9.17, 15) is 14.4 Å². The van der Waals surface area contributed by atoms with Crippen LogP contribution < -0.4 is 9.47 Å². The normalized spacial score (nSPS) is 15.7. The number of likely N-dealkylation sites (tertiary alicyclic amines) is 1. The summed E-state index contributed by atoms with van der Waals surface area (Å²) in [6.45, 7) is 8.86. The van der Waals surface area contributed by atoms with Crippen LogP contribution in [0.5, 0.6) is 17.2 Å². The van der Waals surface area contributed by atoms with Crippen LogP contribution in [0, 0.1) is 29.5 Å². The van der Waals surface area contributed by atoms with Gasteiger partial charge >= 0.3 is 0 Å². The van der Waals surface area contributed by atoms with Gasteiger partial charge in [0.05, 0.1) is 24.0 Å². The second kappa shape index (κ2) is 11.0. The molecular weight excluding hydrogens is 521 g/mol. The molecular formula is C32H32FN5O3. The first-order valence-corrected chi connectivity index (χ1v) is 13.5. The summed E-state index contributed by atoms with van der Waals surface area (Å²) < 4.78 is 27.4. The van der Waals surface area contributed by atoms with Crippen molar-refractivity contribution < 1.29 is 18.7 Å². The lowest BCUT2D eigenvalue weighted by molar-refractivity contribution is -0.125. The highest BCUT2D eigenvalue weighted by molar-refractivity contribution is 5.97. The van der Waals surface area contributed by atoms with Gasteiger partial charge in [0.15, 0.2) is 11.5 Å². The number of hydrogen-bond donors (Lipinski definition) is 0. The predicted octanol–water partition coefficient (Wildman–Crippen LogP) is 6.46. The van der Waals surface area contributed by atoms with Crippen LogP contribution >= 0.6 is 0 Å². The minimum atomic E-state index is -0.564. The standard InChI is InChI=1S/C32H32FN5O3/c1-20-29-28(21-9-11-24(12-10-21)41-26-8-6-7-25(40-5)27(26)33)36-30(38(29)16-14-35-20)22-13-15-37(19-22)31(39)23(18-34)17-32(2,3)4/h6-12,14,16-17,22H,13,15,19H2,1-5H3. The number of rotatable bonds is 6. The molecule has 0 aliphatic carbocycles. The van der Waals surface area contributed by atoms with Crippen molar-refractivity contribution in [3.05, 3.63) is 83.8 Å². The quantitative estimate of drug-likeness (QED) is 0.201. The van der Waals surface area contributed by atoms with Gasteiger partial charge in [-0.1, -0.05) is 32.9 Å². The number of carbonyl (C=O) groups is 1. The number of fused-ring (bicyclic) bond motifs is 1. The van der Waals surface area contributed by atoms with Crippen molar-refractivity contribution >= 4 is 11.4 Å². The minimum absolute atomic E-state index is 0.00442. The molecule has 1 aliphatic rings. The molecule has 4 aromatic rings. The van der Waals surface area contributed by atoms with Crippen LogP contribution in [0.15, 0.2) is 66.5 Å². The highest BCUT2D eigenvalue weighted by atomic mass is 19.1. The zero-order chi connectivity index (χ0) is 29.3. The molecule has 41 heavy (non-hydrogen) atoms. The van der Waals surface area contributed by atoms with Crippen LogP contribution in [-0.4, -0.2) is 45.4 Å². The molecule has 0 N–H and O–H groups in total. The van der Waals surface area contributed by atoms with E-state index < -0.39 is 5.82 Å². The van der Waals surface area contributed by atoms with Gasteiger partial charge in [-0.15, -0.1) is 0 Å². The van der Waals surface area contributed by atoms with E-state index in [0.29, 0.717) is 18.8 Å². The summed E-state index contributed by atoms with van der Waals surface area (Å²) >= 11 is 0. The Morgan fingerprint density at radius 3 is 2.59 bits per heavy atom. The highest BCUT2D eigenvalue weighted by Crippen LogP contribution is 2.35. The molecule has 1 amide bonds. The fourth-order valence-corrected chi connectivity index (χ4v) is 5.14. The van der Waals surface area contributed by atoms with Gasteiger partial charge in [-0.2, -0.15) is 9.65 Å². The number of imidazole rings is 1. The van der Waals surface area contributed by atoms with E-state index in [2.05, 4.69) is 11.1 Å². The average molecular weight is 554 g/mol. The Morgan fingerprint density at radius 1 is 1.17 bits per heavy atom. The molecule has 0 radical (unpaired) electrons. The fraction of sp³-hybridized carbons (Fsp3) is 0.312. The summed E-state index contributed by atoms with van der Waals surface area (Å²) in [6.07, 6.45) is 6.10. The Balaban J connectivity index is 1.43. The van der Waals surface area contributed by atoms with Crippen molar-refractivity contribution in [1.82, 2.24) is 19.3 Å². The maximum atomic E-state index is 14.6. The fourth-order valence-electron chi connectivity index (χ4n) is 5.14. The molecule has 5 rings (SSSR count). The third kappa shape index (κ3) is 5.64. The summed E-state index contributed by atoms with van der Waals surface area (Å²) in [5.41, 5.74) is 3.22. The van der Waals surface area contributed by atoms with Crippen LogP contribution in [0.1, 0.15) is 44.6 Å². The molecule has 1 fully saturated rings. The Morgan fingerprint density at radius 2 is 1.90 bits per heavy atom. The Bertz CT molecular complexity index is 1680. The van der Waals surface area contributed by atoms with Gasteiger partial charge in [-0.25, -0.2) is 4.98 Å². The average Bonchev–Trinajstić information content (AvgIpc) is 3.59. The molecule has 210 valence electrons. The molecule has 0 bridgehead atoms. The molecule has 1 unspecified atom stereocenters. The van der Waals surface area contributed by atoms with E-state index in [1.165, 1.54) is 13.2 Å². The third-order valence-electron chi connectivity index (χ3n) is 7.04. The van der Waals surface area contributed by atoms with Crippen LogP contribution in [0.4, 0.5) is 4.39 Å². The number of nitriles is 1. The van der Waals surface area contributed by atoms with Crippen molar-refractivity contribution in [3.63, 3.8) is 0 Å². The first-order valence-electron chi connectivity index (χ1n) is 13.5. The summed E-state index contributed by atoms with van der Waals surface area (Å²) in [4.78, 5) is 24.4. The minimum Gasteiger partial charge on any atom is -0.494 e. The van der Waals surface area contributed by atoms with Crippen molar-refractivity contribution in [2.45, 2.75) is 40.0 Å². The van der Waals surface area contributed by atoms with Crippen molar-refractivity contribution in [2.75, 3.05) is 20.2 Å². The number of ether oxygens (including phenoxy) is 2. The first kappa shape index (κ1) is 27.8. The maximum Gasteiger partial charge on any atom is 0.264 e. The molecule has 0 spiro atoms. The second-order valence-electron chi connectivity index (χ2n) is 11.2. The summed E-state index contributed by atoms with van der Waals surface area (Å²) in [5, 5.41) is 9.62. The molecule has 1 aliphatic heterocycles. The topological polar surface area (TPSA) is 92.8 Å². The van der Waals surface area contributed by atoms with Gasteiger partial charge in [-0.05, 0) is 55.2 Å². The zero-order valence-corrected chi connectivity index (χ0v) is 23.8. The monoisotopic (exact) mass is 553 g/mol. The first-order chi connectivity index (χ1) is 19.6. The number of aromatic nitrogens is 3. The summed E-state index contributed by atoms with van der Waals surface area (Å²) in [5.74, 6) is 0.686. The van der Waals surface area contributed by atoms with Gasteiger partial charge in [0.25, 0.3) is 5.91 Å². The number of hydrogen-bond acceptors (Lipinski definition) is 6. The van der Waals surface area contributed by atoms with E-state index in [1.54, 1.807) is 41.4 Å². The smallest absolute Gasteiger partial charge is 0.264 e. The number of nitrogens with zero attached hydrogens (tertiary/aromatic N) is 5. The van der Waals surface area contributed by atoms with Crippen LogP contribution in [0.25, 0.3) is 16.8 Å². The van der Waals surface area contributed by atoms with Gasteiger partial charge in [0, 0.05) is 37.0 Å². The molecule has 9 heteroatoms. The lowest BCUT2D eigenvalue weighted by atomic mass is 9.93.